The van der Waals surface area contributed by atoms with Gasteiger partial charge in [-0.05, 0) is 67.1 Å². The lowest BCUT2D eigenvalue weighted by Gasteiger charge is -2.28. The molecule has 0 fully saturated rings. The van der Waals surface area contributed by atoms with Crippen LogP contribution in [0.3, 0.4) is 0 Å². The molecule has 1 heterocycles. The van der Waals surface area contributed by atoms with Crippen LogP contribution in [0.4, 0.5) is 32.0 Å². The summed E-state index contributed by atoms with van der Waals surface area (Å²) in [5.74, 6) is -0.697. The first-order valence-corrected chi connectivity index (χ1v) is 11.2. The topological polar surface area (TPSA) is 50.4 Å². The van der Waals surface area contributed by atoms with E-state index in [1.54, 1.807) is 13.0 Å². The highest BCUT2D eigenvalue weighted by molar-refractivity contribution is 6.34. The van der Waals surface area contributed by atoms with E-state index < -0.39 is 29.4 Å². The van der Waals surface area contributed by atoms with E-state index in [4.69, 9.17) is 28.0 Å². The van der Waals surface area contributed by atoms with Crippen LogP contribution < -0.4 is 10.8 Å². The second-order valence-electron chi connectivity index (χ2n) is 8.21. The van der Waals surface area contributed by atoms with Gasteiger partial charge in [0, 0.05) is 32.4 Å². The van der Waals surface area contributed by atoms with Crippen LogP contribution in [0, 0.1) is 6.92 Å². The average molecular weight is 561 g/mol. The van der Waals surface area contributed by atoms with Crippen LogP contribution in [-0.2, 0) is 16.6 Å². The van der Waals surface area contributed by atoms with Crippen molar-refractivity contribution in [3.8, 4) is 0 Å². The van der Waals surface area contributed by atoms with Crippen LogP contribution in [0.2, 0.25) is 10.0 Å². The maximum Gasteiger partial charge on any atom is 0.428 e. The minimum atomic E-state index is -4.90. The summed E-state index contributed by atoms with van der Waals surface area (Å²) in [6.07, 6.45) is -8.62. The van der Waals surface area contributed by atoms with Crippen molar-refractivity contribution in [3.05, 3.63) is 105 Å². The predicted molar refractivity (Wildman–Crippen MR) is 127 cm³/mol. The number of aryl methyl sites for hydroxylation is 1. The summed E-state index contributed by atoms with van der Waals surface area (Å²) in [6.45, 7) is 1.65. The molecule has 1 atom stereocenters. The zero-order valence-corrected chi connectivity index (χ0v) is 20.2. The van der Waals surface area contributed by atoms with Gasteiger partial charge < -0.3 is 5.32 Å². The molecule has 0 spiro atoms. The molecule has 3 aromatic rings. The number of alkyl halides is 6. The number of hydrogen-bond acceptors (Lipinski definition) is 3. The third-order valence-corrected chi connectivity index (χ3v) is 6.09. The first kappa shape index (κ1) is 26.8. The van der Waals surface area contributed by atoms with E-state index in [9.17, 15) is 31.1 Å². The molecular formula is C25H16Cl2F6N2O2. The van der Waals surface area contributed by atoms with Gasteiger partial charge in [0.2, 0.25) is 5.60 Å². The van der Waals surface area contributed by atoms with Crippen molar-refractivity contribution >= 4 is 40.5 Å². The van der Waals surface area contributed by atoms with E-state index in [0.29, 0.717) is 5.56 Å². The van der Waals surface area contributed by atoms with Crippen molar-refractivity contribution in [3.63, 3.8) is 0 Å². The molecule has 0 radical (unpaired) electrons. The van der Waals surface area contributed by atoms with E-state index in [2.05, 4.69) is 10.8 Å². The molecule has 0 bridgehead atoms. The summed E-state index contributed by atoms with van der Waals surface area (Å²) >= 11 is 11.8. The van der Waals surface area contributed by atoms with Gasteiger partial charge in [-0.25, -0.2) is 0 Å². The molecule has 1 amide bonds. The summed E-state index contributed by atoms with van der Waals surface area (Å²) < 4.78 is 81.1. The molecule has 0 saturated carbocycles. The van der Waals surface area contributed by atoms with Gasteiger partial charge in [-0.1, -0.05) is 35.3 Å². The summed E-state index contributed by atoms with van der Waals surface area (Å²) in [6, 6.07) is 11.6. The van der Waals surface area contributed by atoms with Crippen molar-refractivity contribution in [1.82, 2.24) is 5.48 Å². The highest BCUT2D eigenvalue weighted by Gasteiger charge is 2.59. The Morgan fingerprint density at radius 2 is 1.54 bits per heavy atom. The SMILES string of the molecule is Cc1ccc(C2=CC(c3cc(Cl)cc(Cl)c3)(C(F)(F)F)ON2)cc1NC(=O)c1ccc(C(F)(F)F)cc1. The average Bonchev–Trinajstić information content (AvgIpc) is 3.26. The Kier molecular flexibility index (Phi) is 6.96. The Labute approximate surface area is 216 Å². The van der Waals surface area contributed by atoms with Gasteiger partial charge in [0.1, 0.15) is 0 Å². The number of anilines is 1. The van der Waals surface area contributed by atoms with Crippen molar-refractivity contribution in [2.75, 3.05) is 5.32 Å². The van der Waals surface area contributed by atoms with Crippen LogP contribution in [-0.4, -0.2) is 12.1 Å². The summed E-state index contributed by atoms with van der Waals surface area (Å²) in [5, 5.41) is 2.55. The van der Waals surface area contributed by atoms with Crippen LogP contribution >= 0.6 is 23.2 Å². The summed E-state index contributed by atoms with van der Waals surface area (Å²) in [4.78, 5) is 17.7. The van der Waals surface area contributed by atoms with Crippen LogP contribution in [0.15, 0.2) is 66.7 Å². The first-order valence-electron chi connectivity index (χ1n) is 10.5. The van der Waals surface area contributed by atoms with E-state index >= 15 is 0 Å². The zero-order valence-electron chi connectivity index (χ0n) is 18.7. The number of rotatable bonds is 4. The molecule has 12 heteroatoms. The fraction of sp³-hybridized carbons (Fsp3) is 0.160. The van der Waals surface area contributed by atoms with E-state index in [-0.39, 0.29) is 38.1 Å². The number of hydroxylamine groups is 1. The lowest BCUT2D eigenvalue weighted by molar-refractivity contribution is -0.269. The molecule has 0 aromatic heterocycles. The minimum absolute atomic E-state index is 0.0137. The number of hydrogen-bond donors (Lipinski definition) is 2. The summed E-state index contributed by atoms with van der Waals surface area (Å²) in [5.41, 5.74) is -0.889. The molecule has 3 aromatic carbocycles. The Balaban J connectivity index is 1.66. The Morgan fingerprint density at radius 3 is 2.11 bits per heavy atom. The zero-order chi connectivity index (χ0) is 27.2. The van der Waals surface area contributed by atoms with Gasteiger partial charge >= 0.3 is 12.4 Å². The molecular weight excluding hydrogens is 545 g/mol. The molecule has 1 aliphatic rings. The van der Waals surface area contributed by atoms with Crippen molar-refractivity contribution in [2.24, 2.45) is 0 Å². The van der Waals surface area contributed by atoms with Crippen molar-refractivity contribution in [2.45, 2.75) is 24.9 Å². The lowest BCUT2D eigenvalue weighted by atomic mass is 9.91. The third-order valence-electron chi connectivity index (χ3n) is 5.65. The molecule has 194 valence electrons. The quantitative estimate of drug-likeness (QED) is 0.319. The fourth-order valence-electron chi connectivity index (χ4n) is 3.68. The number of amides is 1. The number of nitrogens with one attached hydrogen (secondary N) is 2. The lowest BCUT2D eigenvalue weighted by Crippen LogP contribution is -2.42. The second-order valence-corrected chi connectivity index (χ2v) is 9.09. The summed E-state index contributed by atoms with van der Waals surface area (Å²) in [7, 11) is 0. The first-order chi connectivity index (χ1) is 17.2. The number of benzene rings is 3. The minimum Gasteiger partial charge on any atom is -0.322 e. The van der Waals surface area contributed by atoms with Crippen LogP contribution in [0.25, 0.3) is 5.70 Å². The van der Waals surface area contributed by atoms with Crippen LogP contribution in [0.5, 0.6) is 0 Å². The molecule has 4 nitrogen and oxygen atoms in total. The normalized spacial score (nSPS) is 17.8. The maximum atomic E-state index is 14.2. The van der Waals surface area contributed by atoms with E-state index in [1.165, 1.54) is 18.2 Å². The fourth-order valence-corrected chi connectivity index (χ4v) is 4.21. The molecule has 1 aliphatic heterocycles. The Morgan fingerprint density at radius 1 is 0.919 bits per heavy atom. The molecule has 2 N–H and O–H groups in total. The largest absolute Gasteiger partial charge is 0.428 e. The number of carbonyl (C=O) groups is 1. The van der Waals surface area contributed by atoms with Gasteiger partial charge in [-0.3, -0.25) is 15.1 Å². The Bertz CT molecular complexity index is 1370. The van der Waals surface area contributed by atoms with E-state index in [1.807, 2.05) is 0 Å². The second kappa shape index (κ2) is 9.59. The maximum absolute atomic E-state index is 14.2. The van der Waals surface area contributed by atoms with Crippen molar-refractivity contribution < 1.29 is 36.0 Å². The molecule has 37 heavy (non-hydrogen) atoms. The van der Waals surface area contributed by atoms with Crippen molar-refractivity contribution in [1.29, 1.82) is 0 Å². The molecule has 0 saturated heterocycles. The van der Waals surface area contributed by atoms with Gasteiger partial charge in [0.05, 0.1) is 11.3 Å². The monoisotopic (exact) mass is 560 g/mol. The van der Waals surface area contributed by atoms with Crippen LogP contribution in [0.1, 0.15) is 32.6 Å². The number of halogens is 8. The van der Waals surface area contributed by atoms with Gasteiger partial charge in [-0.2, -0.15) is 26.3 Å². The third kappa shape index (κ3) is 5.41. The number of carbonyl (C=O) groups excluding carboxylic acids is 1. The molecule has 0 aliphatic carbocycles. The smallest absolute Gasteiger partial charge is 0.322 e. The predicted octanol–water partition coefficient (Wildman–Crippen LogP) is 7.91. The highest BCUT2D eigenvalue weighted by atomic mass is 35.5. The van der Waals surface area contributed by atoms with Gasteiger partial charge in [0.25, 0.3) is 5.91 Å². The highest BCUT2D eigenvalue weighted by Crippen LogP contribution is 2.48. The Hall–Kier alpha value is -3.21. The molecule has 1 unspecified atom stereocenters. The van der Waals surface area contributed by atoms with Gasteiger partial charge in [-0.15, -0.1) is 0 Å². The standard InChI is InChI=1S/C25H16Cl2F6N2O2/c1-13-2-3-15(8-20(13)34-22(36)14-4-6-16(7-5-14)24(28,29)30)21-12-23(37-35-21,25(31,32)33)17-9-18(26)11-19(27)10-17/h2-12,35H,1H3,(H,34,36). The van der Waals surface area contributed by atoms with E-state index in [0.717, 1.165) is 42.5 Å². The van der Waals surface area contributed by atoms with Gasteiger partial charge in [0.15, 0.2) is 0 Å². The molecule has 4 rings (SSSR count).